The van der Waals surface area contributed by atoms with Gasteiger partial charge in [-0.1, -0.05) is 59.8 Å². The van der Waals surface area contributed by atoms with Crippen LogP contribution in [-0.4, -0.2) is 63.1 Å². The van der Waals surface area contributed by atoms with E-state index in [1.54, 1.807) is 0 Å². The zero-order chi connectivity index (χ0) is 25.7. The van der Waals surface area contributed by atoms with Crippen LogP contribution in [0.5, 0.6) is 11.5 Å². The number of aliphatic hydroxyl groups is 1. The number of hydrogen-bond donors (Lipinski definition) is 2. The van der Waals surface area contributed by atoms with Crippen molar-refractivity contribution in [3.8, 4) is 11.5 Å². The van der Waals surface area contributed by atoms with Crippen molar-refractivity contribution >= 4 is 0 Å². The minimum Gasteiger partial charge on any atom is -0.508 e. The summed E-state index contributed by atoms with van der Waals surface area (Å²) < 4.78 is 22.3. The lowest BCUT2D eigenvalue weighted by atomic mass is 9.93. The van der Waals surface area contributed by atoms with Gasteiger partial charge in [-0.25, -0.2) is 0 Å². The van der Waals surface area contributed by atoms with E-state index in [0.717, 1.165) is 48.5 Å². The normalized spacial score (nSPS) is 12.4. The van der Waals surface area contributed by atoms with Crippen LogP contribution in [0.3, 0.4) is 0 Å². The van der Waals surface area contributed by atoms with Crippen LogP contribution in [0.4, 0.5) is 0 Å². The molecular formula is C29H52O6. The molecular weight excluding hydrogens is 444 g/mol. The average Bonchev–Trinajstić information content (AvgIpc) is 2.82. The molecule has 0 amide bonds. The molecule has 1 rings (SSSR count). The van der Waals surface area contributed by atoms with E-state index in [2.05, 4.69) is 33.8 Å². The van der Waals surface area contributed by atoms with Crippen LogP contribution in [0.15, 0.2) is 12.1 Å². The van der Waals surface area contributed by atoms with E-state index in [9.17, 15) is 5.11 Å². The highest BCUT2D eigenvalue weighted by atomic mass is 16.6. The first-order valence-electron chi connectivity index (χ1n) is 13.8. The van der Waals surface area contributed by atoms with Crippen LogP contribution in [0.25, 0.3) is 0 Å². The van der Waals surface area contributed by atoms with Gasteiger partial charge in [0, 0.05) is 5.56 Å². The molecule has 2 N–H and O–H groups in total. The standard InChI is InChI=1S/C29H52O6/c1-5-6-7-11-26-22-28(31)27(13-12-25(4)10-8-9-24(2)3)29(23-26)35-21-20-34-19-18-33-17-16-32-15-14-30/h22-25,30-31H,5-21H2,1-4H3/t25-/m1/s1. The first kappa shape index (κ1) is 31.7. The summed E-state index contributed by atoms with van der Waals surface area (Å²) in [5, 5.41) is 19.5. The molecule has 0 spiro atoms. The first-order valence-corrected chi connectivity index (χ1v) is 13.8. The Morgan fingerprint density at radius 2 is 1.40 bits per heavy atom. The van der Waals surface area contributed by atoms with Crippen LogP contribution in [0, 0.1) is 11.8 Å². The number of benzene rings is 1. The molecule has 0 aliphatic carbocycles. The number of aryl methyl sites for hydroxylation is 1. The molecule has 0 saturated heterocycles. The molecule has 1 atom stereocenters. The number of aliphatic hydroxyl groups excluding tert-OH is 1. The van der Waals surface area contributed by atoms with Crippen molar-refractivity contribution in [3.63, 3.8) is 0 Å². The minimum absolute atomic E-state index is 0.0293. The fourth-order valence-electron chi connectivity index (χ4n) is 4.02. The molecule has 1 aromatic rings. The van der Waals surface area contributed by atoms with Gasteiger partial charge in [-0.15, -0.1) is 0 Å². The second kappa shape index (κ2) is 20.8. The maximum atomic E-state index is 10.8. The van der Waals surface area contributed by atoms with Gasteiger partial charge in [0.05, 0.1) is 46.2 Å². The number of phenols is 1. The van der Waals surface area contributed by atoms with E-state index in [1.165, 1.54) is 32.1 Å². The van der Waals surface area contributed by atoms with Gasteiger partial charge in [-0.05, 0) is 55.2 Å². The van der Waals surface area contributed by atoms with Crippen molar-refractivity contribution in [3.05, 3.63) is 23.3 Å². The molecule has 0 radical (unpaired) electrons. The van der Waals surface area contributed by atoms with E-state index < -0.39 is 0 Å². The first-order chi connectivity index (χ1) is 17.0. The molecule has 0 heterocycles. The van der Waals surface area contributed by atoms with Crippen molar-refractivity contribution in [2.75, 3.05) is 52.9 Å². The highest BCUT2D eigenvalue weighted by Crippen LogP contribution is 2.33. The van der Waals surface area contributed by atoms with Crippen molar-refractivity contribution in [1.82, 2.24) is 0 Å². The number of hydrogen-bond acceptors (Lipinski definition) is 6. The van der Waals surface area contributed by atoms with E-state index in [1.807, 2.05) is 6.07 Å². The predicted octanol–water partition coefficient (Wildman–Crippen LogP) is 5.94. The van der Waals surface area contributed by atoms with E-state index in [-0.39, 0.29) is 6.61 Å². The summed E-state index contributed by atoms with van der Waals surface area (Å²) >= 11 is 0. The van der Waals surface area contributed by atoms with Gasteiger partial charge in [-0.2, -0.15) is 0 Å². The van der Waals surface area contributed by atoms with E-state index >= 15 is 0 Å². The molecule has 0 aliphatic heterocycles. The Morgan fingerprint density at radius 1 is 0.743 bits per heavy atom. The predicted molar refractivity (Wildman–Crippen MR) is 143 cm³/mol. The molecule has 0 unspecified atom stereocenters. The maximum absolute atomic E-state index is 10.8. The van der Waals surface area contributed by atoms with E-state index in [4.69, 9.17) is 24.1 Å². The minimum atomic E-state index is 0.0293. The summed E-state index contributed by atoms with van der Waals surface area (Å²) in [5.41, 5.74) is 2.06. The SMILES string of the molecule is CCCCCc1cc(O)c(CC[C@H](C)CCCC(C)C)c(OCCOCCOCCOCCO)c1. The Morgan fingerprint density at radius 3 is 2.03 bits per heavy atom. The second-order valence-electron chi connectivity index (χ2n) is 9.93. The van der Waals surface area contributed by atoms with Gasteiger partial charge in [0.15, 0.2) is 0 Å². The molecule has 0 saturated carbocycles. The van der Waals surface area contributed by atoms with Crippen molar-refractivity contribution < 1.29 is 29.2 Å². The number of phenolic OH excluding ortho intramolecular Hbond substituents is 1. The number of ether oxygens (including phenoxy) is 4. The third kappa shape index (κ3) is 16.1. The Labute approximate surface area is 214 Å². The smallest absolute Gasteiger partial charge is 0.126 e. The topological polar surface area (TPSA) is 77.4 Å². The van der Waals surface area contributed by atoms with Gasteiger partial charge >= 0.3 is 0 Å². The van der Waals surface area contributed by atoms with Crippen LogP contribution >= 0.6 is 0 Å². The lowest BCUT2D eigenvalue weighted by Crippen LogP contribution is -2.14. The molecule has 204 valence electrons. The largest absolute Gasteiger partial charge is 0.508 e. The zero-order valence-electron chi connectivity index (χ0n) is 22.9. The molecule has 6 heteroatoms. The number of aromatic hydroxyl groups is 1. The molecule has 35 heavy (non-hydrogen) atoms. The summed E-state index contributed by atoms with van der Waals surface area (Å²) in [5.74, 6) is 2.54. The fourth-order valence-corrected chi connectivity index (χ4v) is 4.02. The van der Waals surface area contributed by atoms with Crippen molar-refractivity contribution in [1.29, 1.82) is 0 Å². The Bertz CT molecular complexity index is 634. The quantitative estimate of drug-likeness (QED) is 0.183. The molecule has 1 aromatic carbocycles. The van der Waals surface area contributed by atoms with Gasteiger partial charge in [0.1, 0.15) is 18.1 Å². The van der Waals surface area contributed by atoms with Crippen LogP contribution in [0.1, 0.15) is 83.8 Å². The second-order valence-corrected chi connectivity index (χ2v) is 9.93. The average molecular weight is 497 g/mol. The monoisotopic (exact) mass is 496 g/mol. The lowest BCUT2D eigenvalue weighted by molar-refractivity contribution is 0.00356. The fraction of sp³-hybridized carbons (Fsp3) is 0.793. The van der Waals surface area contributed by atoms with Crippen LogP contribution < -0.4 is 4.74 Å². The van der Waals surface area contributed by atoms with Gasteiger partial charge < -0.3 is 29.2 Å². The van der Waals surface area contributed by atoms with Gasteiger partial charge in [-0.3, -0.25) is 0 Å². The van der Waals surface area contributed by atoms with Crippen molar-refractivity contribution in [2.24, 2.45) is 11.8 Å². The summed E-state index contributed by atoms with van der Waals surface area (Å²) in [6, 6.07) is 4.04. The highest BCUT2D eigenvalue weighted by Gasteiger charge is 2.14. The summed E-state index contributed by atoms with van der Waals surface area (Å²) in [6.45, 7) is 12.3. The number of unbranched alkanes of at least 4 members (excludes halogenated alkanes) is 2. The molecule has 0 bridgehead atoms. The third-order valence-electron chi connectivity index (χ3n) is 6.14. The van der Waals surface area contributed by atoms with Crippen LogP contribution in [-0.2, 0) is 27.1 Å². The Hall–Kier alpha value is -1.34. The van der Waals surface area contributed by atoms with E-state index in [0.29, 0.717) is 57.9 Å². The molecule has 0 fully saturated rings. The third-order valence-corrected chi connectivity index (χ3v) is 6.14. The maximum Gasteiger partial charge on any atom is 0.126 e. The van der Waals surface area contributed by atoms with Crippen LogP contribution in [0.2, 0.25) is 0 Å². The Balaban J connectivity index is 2.52. The van der Waals surface area contributed by atoms with Gasteiger partial charge in [0.25, 0.3) is 0 Å². The zero-order valence-corrected chi connectivity index (χ0v) is 22.9. The Kier molecular flexibility index (Phi) is 18.8. The van der Waals surface area contributed by atoms with Crippen molar-refractivity contribution in [2.45, 2.75) is 85.5 Å². The summed E-state index contributed by atoms with van der Waals surface area (Å²) in [7, 11) is 0. The highest BCUT2D eigenvalue weighted by molar-refractivity contribution is 5.47. The molecule has 0 aliphatic rings. The lowest BCUT2D eigenvalue weighted by Gasteiger charge is -2.17. The number of rotatable bonds is 23. The molecule has 6 nitrogen and oxygen atoms in total. The summed E-state index contributed by atoms with van der Waals surface area (Å²) in [4.78, 5) is 0. The van der Waals surface area contributed by atoms with Gasteiger partial charge in [0.2, 0.25) is 0 Å². The summed E-state index contributed by atoms with van der Waals surface area (Å²) in [6.07, 6.45) is 10.1. The molecule has 0 aromatic heterocycles.